The molecule has 1 aromatic carbocycles. The van der Waals surface area contributed by atoms with Gasteiger partial charge in [-0.2, -0.15) is 0 Å². The third-order valence-electron chi connectivity index (χ3n) is 2.28. The number of carboxylic acid groups (broad SMARTS) is 1. The number of carboxylic acids is 1. The van der Waals surface area contributed by atoms with Crippen LogP contribution in [-0.2, 0) is 0 Å². The lowest BCUT2D eigenvalue weighted by Crippen LogP contribution is -2.05. The number of carbonyl (C=O) groups is 1. The van der Waals surface area contributed by atoms with E-state index in [2.05, 4.69) is 20.9 Å². The fourth-order valence-electron chi connectivity index (χ4n) is 1.38. The van der Waals surface area contributed by atoms with Crippen molar-refractivity contribution in [2.45, 2.75) is 0 Å². The SMILES string of the molecule is Nc1c(C(=O)O)ccnc1Oc1ccc(Br)cc1F. The average molecular weight is 327 g/mol. The quantitative estimate of drug-likeness (QED) is 0.905. The van der Waals surface area contributed by atoms with Gasteiger partial charge in [0.15, 0.2) is 11.6 Å². The Morgan fingerprint density at radius 3 is 2.79 bits per heavy atom. The molecule has 5 nitrogen and oxygen atoms in total. The first-order chi connectivity index (χ1) is 8.99. The molecular formula is C12H8BrFN2O3. The van der Waals surface area contributed by atoms with E-state index in [0.717, 1.165) is 0 Å². The highest BCUT2D eigenvalue weighted by Gasteiger charge is 2.15. The minimum absolute atomic E-state index is 0.0926. The summed E-state index contributed by atoms with van der Waals surface area (Å²) in [6.07, 6.45) is 1.23. The number of nitrogen functional groups attached to an aromatic ring is 1. The van der Waals surface area contributed by atoms with Crippen molar-refractivity contribution in [3.8, 4) is 11.6 Å². The van der Waals surface area contributed by atoms with E-state index in [9.17, 15) is 9.18 Å². The number of aromatic carboxylic acids is 1. The van der Waals surface area contributed by atoms with E-state index >= 15 is 0 Å². The maximum Gasteiger partial charge on any atom is 0.338 e. The Labute approximate surface area is 116 Å². The van der Waals surface area contributed by atoms with E-state index in [1.54, 1.807) is 6.07 Å². The van der Waals surface area contributed by atoms with Crippen molar-refractivity contribution in [3.05, 3.63) is 46.3 Å². The summed E-state index contributed by atoms with van der Waals surface area (Å²) in [5.74, 6) is -2.07. The Balaban J connectivity index is 2.38. The molecule has 0 radical (unpaired) electrons. The highest BCUT2D eigenvalue weighted by Crippen LogP contribution is 2.30. The highest BCUT2D eigenvalue weighted by molar-refractivity contribution is 9.10. The third-order valence-corrected chi connectivity index (χ3v) is 2.78. The normalized spacial score (nSPS) is 10.2. The van der Waals surface area contributed by atoms with Crippen molar-refractivity contribution < 1.29 is 19.0 Å². The molecule has 0 aliphatic rings. The molecule has 19 heavy (non-hydrogen) atoms. The van der Waals surface area contributed by atoms with Crippen molar-refractivity contribution in [1.82, 2.24) is 4.98 Å². The van der Waals surface area contributed by atoms with Gasteiger partial charge in [-0.1, -0.05) is 15.9 Å². The molecule has 0 aliphatic carbocycles. The number of nitrogens with zero attached hydrogens (tertiary/aromatic N) is 1. The summed E-state index contributed by atoms with van der Waals surface area (Å²) in [5, 5.41) is 8.90. The monoisotopic (exact) mass is 326 g/mol. The molecule has 98 valence electrons. The van der Waals surface area contributed by atoms with Gasteiger partial charge in [0.1, 0.15) is 5.69 Å². The molecule has 0 bridgehead atoms. The van der Waals surface area contributed by atoms with Gasteiger partial charge in [0.2, 0.25) is 5.88 Å². The Hall–Kier alpha value is -2.15. The van der Waals surface area contributed by atoms with Crippen molar-refractivity contribution in [2.75, 3.05) is 5.73 Å². The minimum Gasteiger partial charge on any atom is -0.478 e. The van der Waals surface area contributed by atoms with E-state index in [0.29, 0.717) is 4.47 Å². The number of hydrogen-bond acceptors (Lipinski definition) is 4. The second kappa shape index (κ2) is 5.23. The summed E-state index contributed by atoms with van der Waals surface area (Å²) in [6.45, 7) is 0. The number of halogens is 2. The summed E-state index contributed by atoms with van der Waals surface area (Å²) in [7, 11) is 0. The molecule has 1 aromatic heterocycles. The second-order valence-corrected chi connectivity index (χ2v) is 4.47. The fraction of sp³-hybridized carbons (Fsp3) is 0. The Kier molecular flexibility index (Phi) is 3.66. The predicted molar refractivity (Wildman–Crippen MR) is 69.8 cm³/mol. The topological polar surface area (TPSA) is 85.4 Å². The lowest BCUT2D eigenvalue weighted by atomic mass is 10.2. The number of anilines is 1. The average Bonchev–Trinajstić information content (AvgIpc) is 2.34. The van der Waals surface area contributed by atoms with E-state index in [1.165, 1.54) is 24.4 Å². The molecule has 0 atom stereocenters. The van der Waals surface area contributed by atoms with Gasteiger partial charge in [-0.15, -0.1) is 0 Å². The summed E-state index contributed by atoms with van der Waals surface area (Å²) < 4.78 is 19.3. The lowest BCUT2D eigenvalue weighted by molar-refractivity contribution is 0.0697. The van der Waals surface area contributed by atoms with Crippen LogP contribution in [0.15, 0.2) is 34.9 Å². The number of aromatic nitrogens is 1. The number of pyridine rings is 1. The van der Waals surface area contributed by atoms with Crippen LogP contribution in [0.4, 0.5) is 10.1 Å². The molecule has 0 spiro atoms. The van der Waals surface area contributed by atoms with E-state index in [-0.39, 0.29) is 22.9 Å². The molecule has 0 saturated heterocycles. The first-order valence-corrected chi connectivity index (χ1v) is 5.89. The first kappa shape index (κ1) is 13.3. The van der Waals surface area contributed by atoms with Crippen molar-refractivity contribution in [3.63, 3.8) is 0 Å². The van der Waals surface area contributed by atoms with E-state index < -0.39 is 11.8 Å². The first-order valence-electron chi connectivity index (χ1n) is 5.09. The largest absolute Gasteiger partial charge is 0.478 e. The zero-order chi connectivity index (χ0) is 14.0. The maximum atomic E-state index is 13.6. The molecule has 2 rings (SSSR count). The third kappa shape index (κ3) is 2.82. The number of benzene rings is 1. The molecule has 0 aliphatic heterocycles. The standard InChI is InChI=1S/C12H8BrFN2O3/c13-6-1-2-9(8(14)5-6)19-11-10(15)7(12(17)18)3-4-16-11/h1-5H,15H2,(H,17,18). The fourth-order valence-corrected chi connectivity index (χ4v) is 1.72. The van der Waals surface area contributed by atoms with Gasteiger partial charge in [0, 0.05) is 10.7 Å². The smallest absolute Gasteiger partial charge is 0.338 e. The Morgan fingerprint density at radius 1 is 1.42 bits per heavy atom. The van der Waals surface area contributed by atoms with Gasteiger partial charge in [-0.3, -0.25) is 0 Å². The highest BCUT2D eigenvalue weighted by atomic mass is 79.9. The number of rotatable bonds is 3. The Bertz CT molecular complexity index is 649. The van der Waals surface area contributed by atoms with Crippen LogP contribution in [0.3, 0.4) is 0 Å². The summed E-state index contributed by atoms with van der Waals surface area (Å²) in [4.78, 5) is 14.7. The molecule has 3 N–H and O–H groups in total. The summed E-state index contributed by atoms with van der Waals surface area (Å²) >= 11 is 3.11. The number of nitrogens with two attached hydrogens (primary N) is 1. The summed E-state index contributed by atoms with van der Waals surface area (Å²) in [5.41, 5.74) is 5.31. The van der Waals surface area contributed by atoms with Crippen LogP contribution in [0.5, 0.6) is 11.6 Å². The van der Waals surface area contributed by atoms with Crippen molar-refractivity contribution >= 4 is 27.6 Å². The molecule has 0 saturated carbocycles. The summed E-state index contributed by atoms with van der Waals surface area (Å²) in [6, 6.07) is 5.42. The van der Waals surface area contributed by atoms with Gasteiger partial charge < -0.3 is 15.6 Å². The number of ether oxygens (including phenoxy) is 1. The van der Waals surface area contributed by atoms with Crippen LogP contribution in [0, 0.1) is 5.82 Å². The molecule has 0 amide bonds. The molecule has 7 heteroatoms. The molecular weight excluding hydrogens is 319 g/mol. The van der Waals surface area contributed by atoms with Gasteiger partial charge >= 0.3 is 5.97 Å². The van der Waals surface area contributed by atoms with Crippen LogP contribution >= 0.6 is 15.9 Å². The molecule has 0 unspecified atom stereocenters. The lowest BCUT2D eigenvalue weighted by Gasteiger charge is -2.09. The van der Waals surface area contributed by atoms with Gasteiger partial charge in [0.25, 0.3) is 0 Å². The van der Waals surface area contributed by atoms with Crippen LogP contribution in [0.25, 0.3) is 0 Å². The molecule has 1 heterocycles. The van der Waals surface area contributed by atoms with Gasteiger partial charge in [-0.25, -0.2) is 14.2 Å². The molecule has 0 fully saturated rings. The zero-order valence-electron chi connectivity index (χ0n) is 9.43. The maximum absolute atomic E-state index is 13.6. The molecule has 2 aromatic rings. The minimum atomic E-state index is -1.21. The second-order valence-electron chi connectivity index (χ2n) is 3.56. The van der Waals surface area contributed by atoms with Crippen LogP contribution in [-0.4, -0.2) is 16.1 Å². The van der Waals surface area contributed by atoms with Gasteiger partial charge in [0.05, 0.1) is 5.56 Å². The van der Waals surface area contributed by atoms with Crippen LogP contribution in [0.2, 0.25) is 0 Å². The van der Waals surface area contributed by atoms with Crippen LogP contribution < -0.4 is 10.5 Å². The van der Waals surface area contributed by atoms with E-state index in [4.69, 9.17) is 15.6 Å². The zero-order valence-corrected chi connectivity index (χ0v) is 11.0. The van der Waals surface area contributed by atoms with Gasteiger partial charge in [-0.05, 0) is 24.3 Å². The van der Waals surface area contributed by atoms with Crippen LogP contribution in [0.1, 0.15) is 10.4 Å². The van der Waals surface area contributed by atoms with E-state index in [1.807, 2.05) is 0 Å². The Morgan fingerprint density at radius 2 is 2.16 bits per heavy atom. The predicted octanol–water partition coefficient (Wildman–Crippen LogP) is 3.06. The number of hydrogen-bond donors (Lipinski definition) is 2. The van der Waals surface area contributed by atoms with Crippen molar-refractivity contribution in [2.24, 2.45) is 0 Å². The van der Waals surface area contributed by atoms with Crippen molar-refractivity contribution in [1.29, 1.82) is 0 Å².